The number of nitrogens with zero attached hydrogens (tertiary/aromatic N) is 2. The number of carbonyl (C=O) groups excluding carboxylic acids is 2. The normalized spacial score (nSPS) is 9.89. The fraction of sp³-hybridized carbons (Fsp3) is 0.417. The molecule has 0 aliphatic carbocycles. The zero-order valence-corrected chi connectivity index (χ0v) is 10.4. The van der Waals surface area contributed by atoms with E-state index in [-0.39, 0.29) is 36.2 Å². The molecule has 0 saturated carbocycles. The molecule has 0 aromatic carbocycles. The van der Waals surface area contributed by atoms with Gasteiger partial charge in [-0.1, -0.05) is 0 Å². The monoisotopic (exact) mass is 252 g/mol. The summed E-state index contributed by atoms with van der Waals surface area (Å²) >= 11 is 0. The summed E-state index contributed by atoms with van der Waals surface area (Å²) in [7, 11) is 1.56. The molecular formula is C12H16N2O4. The topological polar surface area (TPSA) is 79.7 Å². The van der Waals surface area contributed by atoms with Gasteiger partial charge in [-0.2, -0.15) is 0 Å². The Kier molecular flexibility index (Phi) is 5.10. The summed E-state index contributed by atoms with van der Waals surface area (Å²) in [5, 5.41) is 9.49. The number of ether oxygens (including phenoxy) is 1. The Balaban J connectivity index is 2.57. The highest BCUT2D eigenvalue weighted by Crippen LogP contribution is 2.15. The lowest BCUT2D eigenvalue weighted by Crippen LogP contribution is -2.29. The van der Waals surface area contributed by atoms with Crippen LogP contribution >= 0.6 is 0 Å². The molecule has 0 saturated heterocycles. The van der Waals surface area contributed by atoms with Crippen molar-refractivity contribution >= 4 is 11.9 Å². The molecule has 0 aliphatic heterocycles. The third-order valence-electron chi connectivity index (χ3n) is 2.33. The first kappa shape index (κ1) is 14.0. The zero-order chi connectivity index (χ0) is 13.5. The highest BCUT2D eigenvalue weighted by molar-refractivity contribution is 5.96. The Labute approximate surface area is 105 Å². The summed E-state index contributed by atoms with van der Waals surface area (Å²) in [5.41, 5.74) is 0.163. The molecule has 0 bridgehead atoms. The van der Waals surface area contributed by atoms with Gasteiger partial charge < -0.3 is 14.7 Å². The third-order valence-corrected chi connectivity index (χ3v) is 2.33. The van der Waals surface area contributed by atoms with Gasteiger partial charge in [0.05, 0.1) is 24.8 Å². The van der Waals surface area contributed by atoms with Gasteiger partial charge in [-0.05, 0) is 13.0 Å². The summed E-state index contributed by atoms with van der Waals surface area (Å²) in [5.74, 6) is -0.888. The maximum Gasteiger partial charge on any atom is 0.307 e. The molecular weight excluding hydrogens is 236 g/mol. The Morgan fingerprint density at radius 1 is 1.50 bits per heavy atom. The highest BCUT2D eigenvalue weighted by Gasteiger charge is 2.16. The molecule has 0 fully saturated rings. The minimum Gasteiger partial charge on any atom is -0.505 e. The molecule has 0 unspecified atom stereocenters. The van der Waals surface area contributed by atoms with Crippen molar-refractivity contribution in [3.8, 4) is 5.75 Å². The second kappa shape index (κ2) is 6.58. The van der Waals surface area contributed by atoms with E-state index in [1.165, 1.54) is 23.4 Å². The predicted molar refractivity (Wildman–Crippen MR) is 64.1 cm³/mol. The van der Waals surface area contributed by atoms with Crippen molar-refractivity contribution in [3.63, 3.8) is 0 Å². The number of esters is 1. The Morgan fingerprint density at radius 3 is 2.83 bits per heavy atom. The standard InChI is InChI=1S/C12H16N2O4/c1-3-18-11(16)5-7-14(2)12(17)9-4-6-13-8-10(9)15/h4,6,8,15H,3,5,7H2,1-2H3. The average molecular weight is 252 g/mol. The van der Waals surface area contributed by atoms with E-state index in [2.05, 4.69) is 4.98 Å². The van der Waals surface area contributed by atoms with Crippen LogP contribution in [0.15, 0.2) is 18.5 Å². The summed E-state index contributed by atoms with van der Waals surface area (Å²) in [6.45, 7) is 2.28. The van der Waals surface area contributed by atoms with Crippen LogP contribution in [-0.4, -0.2) is 47.1 Å². The number of pyridine rings is 1. The molecule has 98 valence electrons. The number of hydrogen-bond acceptors (Lipinski definition) is 5. The van der Waals surface area contributed by atoms with E-state index in [4.69, 9.17) is 4.74 Å². The van der Waals surface area contributed by atoms with Crippen LogP contribution < -0.4 is 0 Å². The van der Waals surface area contributed by atoms with Crippen molar-refractivity contribution < 1.29 is 19.4 Å². The summed E-state index contributed by atoms with van der Waals surface area (Å²) in [4.78, 5) is 28.1. The Bertz CT molecular complexity index is 434. The Morgan fingerprint density at radius 2 is 2.22 bits per heavy atom. The minimum atomic E-state index is -0.362. The smallest absolute Gasteiger partial charge is 0.307 e. The molecule has 0 aliphatic rings. The molecule has 1 rings (SSSR count). The maximum absolute atomic E-state index is 11.9. The van der Waals surface area contributed by atoms with Crippen molar-refractivity contribution in [3.05, 3.63) is 24.0 Å². The van der Waals surface area contributed by atoms with Crippen molar-refractivity contribution in [1.29, 1.82) is 0 Å². The van der Waals surface area contributed by atoms with Crippen LogP contribution in [0.3, 0.4) is 0 Å². The molecule has 1 aromatic rings. The van der Waals surface area contributed by atoms with Crippen molar-refractivity contribution in [2.24, 2.45) is 0 Å². The summed E-state index contributed by atoms with van der Waals surface area (Å²) in [6.07, 6.45) is 2.75. The number of hydrogen-bond donors (Lipinski definition) is 1. The van der Waals surface area contributed by atoms with Crippen LogP contribution in [0.25, 0.3) is 0 Å². The van der Waals surface area contributed by atoms with E-state index < -0.39 is 0 Å². The maximum atomic E-state index is 11.9. The fourth-order valence-corrected chi connectivity index (χ4v) is 1.37. The minimum absolute atomic E-state index is 0.127. The number of carbonyl (C=O) groups is 2. The van der Waals surface area contributed by atoms with Gasteiger partial charge in [0, 0.05) is 19.8 Å². The molecule has 0 atom stereocenters. The first-order chi connectivity index (χ1) is 8.56. The number of aromatic nitrogens is 1. The molecule has 18 heavy (non-hydrogen) atoms. The van der Waals surface area contributed by atoms with Gasteiger partial charge in [0.1, 0.15) is 5.75 Å². The predicted octanol–water partition coefficient (Wildman–Crippen LogP) is 0.812. The van der Waals surface area contributed by atoms with Crippen LogP contribution in [0.5, 0.6) is 5.75 Å². The number of aromatic hydroxyl groups is 1. The van der Waals surface area contributed by atoms with E-state index in [0.29, 0.717) is 6.61 Å². The van der Waals surface area contributed by atoms with E-state index in [9.17, 15) is 14.7 Å². The van der Waals surface area contributed by atoms with E-state index >= 15 is 0 Å². The molecule has 6 heteroatoms. The Hall–Kier alpha value is -2.11. The number of amides is 1. The lowest BCUT2D eigenvalue weighted by molar-refractivity contribution is -0.143. The average Bonchev–Trinajstić information content (AvgIpc) is 2.36. The quantitative estimate of drug-likeness (QED) is 0.784. The summed E-state index contributed by atoms with van der Waals surface area (Å²) in [6, 6.07) is 1.43. The van der Waals surface area contributed by atoms with Crippen LogP contribution in [0, 0.1) is 0 Å². The molecule has 1 aromatic heterocycles. The van der Waals surface area contributed by atoms with Crippen molar-refractivity contribution in [2.45, 2.75) is 13.3 Å². The lowest BCUT2D eigenvalue weighted by Gasteiger charge is -2.17. The van der Waals surface area contributed by atoms with E-state index in [0.717, 1.165) is 0 Å². The second-order valence-corrected chi connectivity index (χ2v) is 3.67. The van der Waals surface area contributed by atoms with Crippen molar-refractivity contribution in [2.75, 3.05) is 20.2 Å². The van der Waals surface area contributed by atoms with Crippen LogP contribution in [0.1, 0.15) is 23.7 Å². The van der Waals surface area contributed by atoms with Gasteiger partial charge in [0.15, 0.2) is 0 Å². The highest BCUT2D eigenvalue weighted by atomic mass is 16.5. The van der Waals surface area contributed by atoms with Gasteiger partial charge in [0.2, 0.25) is 0 Å². The molecule has 6 nitrogen and oxygen atoms in total. The fourth-order valence-electron chi connectivity index (χ4n) is 1.37. The van der Waals surface area contributed by atoms with E-state index in [1.54, 1.807) is 14.0 Å². The van der Waals surface area contributed by atoms with Gasteiger partial charge >= 0.3 is 5.97 Å². The van der Waals surface area contributed by atoms with E-state index in [1.807, 2.05) is 0 Å². The van der Waals surface area contributed by atoms with Gasteiger partial charge in [0.25, 0.3) is 5.91 Å². The van der Waals surface area contributed by atoms with Crippen LogP contribution in [0.2, 0.25) is 0 Å². The third kappa shape index (κ3) is 3.73. The molecule has 0 spiro atoms. The second-order valence-electron chi connectivity index (χ2n) is 3.67. The molecule has 1 N–H and O–H groups in total. The van der Waals surface area contributed by atoms with Gasteiger partial charge in [-0.3, -0.25) is 14.6 Å². The van der Waals surface area contributed by atoms with Crippen molar-refractivity contribution in [1.82, 2.24) is 9.88 Å². The summed E-state index contributed by atoms with van der Waals surface area (Å²) < 4.78 is 4.77. The molecule has 0 radical (unpaired) electrons. The van der Waals surface area contributed by atoms with Crippen LogP contribution in [-0.2, 0) is 9.53 Å². The first-order valence-corrected chi connectivity index (χ1v) is 5.60. The zero-order valence-electron chi connectivity index (χ0n) is 10.4. The lowest BCUT2D eigenvalue weighted by atomic mass is 10.2. The van der Waals surface area contributed by atoms with Gasteiger partial charge in [-0.15, -0.1) is 0 Å². The van der Waals surface area contributed by atoms with Crippen LogP contribution in [0.4, 0.5) is 0 Å². The largest absolute Gasteiger partial charge is 0.505 e. The van der Waals surface area contributed by atoms with Gasteiger partial charge in [-0.25, -0.2) is 0 Å². The molecule has 1 heterocycles. The molecule has 1 amide bonds. The SMILES string of the molecule is CCOC(=O)CCN(C)C(=O)c1ccncc1O. The first-order valence-electron chi connectivity index (χ1n) is 5.60. The number of rotatable bonds is 5.